The van der Waals surface area contributed by atoms with E-state index in [0.717, 1.165) is 0 Å². The van der Waals surface area contributed by atoms with Crippen molar-refractivity contribution >= 4 is 30.8 Å². The number of hydrogen-bond acceptors (Lipinski definition) is 8. The Balaban J connectivity index is -0.0000000661. The Morgan fingerprint density at radius 3 is 0.727 bits per heavy atom. The second-order valence-electron chi connectivity index (χ2n) is 4.24. The monoisotopic (exact) mass is 383 g/mol. The number of oxime groups is 4. The van der Waals surface area contributed by atoms with Crippen LogP contribution < -0.4 is 0 Å². The molecule has 0 saturated heterocycles. The van der Waals surface area contributed by atoms with Crippen LogP contribution in [-0.2, 0) is 16.8 Å². The minimum atomic E-state index is 0. The fraction of sp³-hybridized carbons (Fsp3) is 0.583. The molecule has 0 bridgehead atoms. The molecule has 0 aromatic heterocycles. The smallest absolute Gasteiger partial charge is 0.101 e. The average Bonchev–Trinajstić information content (AvgIpc) is 2.43. The zero-order chi connectivity index (χ0) is 16.7. The van der Waals surface area contributed by atoms with E-state index in [0.29, 0.717) is 22.8 Å². The van der Waals surface area contributed by atoms with Gasteiger partial charge in [-0.15, -0.1) is 0 Å². The van der Waals surface area contributed by atoms with E-state index in [1.165, 1.54) is 27.7 Å². The third-order valence-corrected chi connectivity index (χ3v) is 1.65. The zero-order valence-corrected chi connectivity index (χ0v) is 16.5. The van der Waals surface area contributed by atoms with E-state index in [2.05, 4.69) is 40.6 Å². The summed E-state index contributed by atoms with van der Waals surface area (Å²) in [6.45, 7) is 13.0. The van der Waals surface area contributed by atoms with Gasteiger partial charge >= 0.3 is 0 Å². The van der Waals surface area contributed by atoms with E-state index < -0.39 is 0 Å². The number of hydrogen-bond donors (Lipinski definition) is 4. The Labute approximate surface area is 144 Å². The normalized spacial score (nSPS) is 12.0. The molecule has 0 aliphatic heterocycles. The topological polar surface area (TPSA) is 130 Å². The van der Waals surface area contributed by atoms with Gasteiger partial charge in [0.2, 0.25) is 0 Å². The molecule has 0 spiro atoms. The van der Waals surface area contributed by atoms with E-state index in [9.17, 15) is 0 Å². The van der Waals surface area contributed by atoms with Crippen molar-refractivity contribution in [2.75, 3.05) is 20.0 Å². The SMILES string of the molecule is CC(=N\O)/C(C)=N/O.CC(=N\O)/C(C)=N/O.C[PH+](C)C.[CH3-].[Co]. The molecule has 0 atom stereocenters. The summed E-state index contributed by atoms with van der Waals surface area (Å²) < 4.78 is 0. The molecule has 0 amide bonds. The first-order valence-electron chi connectivity index (χ1n) is 5.69. The fourth-order valence-electron chi connectivity index (χ4n) is 0.289. The van der Waals surface area contributed by atoms with Crippen LogP contribution >= 0.6 is 7.92 Å². The molecule has 0 aliphatic carbocycles. The first kappa shape index (κ1) is 32.7. The van der Waals surface area contributed by atoms with Crippen LogP contribution in [0.15, 0.2) is 20.6 Å². The largest absolute Gasteiger partial charge is 0.411 e. The van der Waals surface area contributed by atoms with Gasteiger partial charge in [0, 0.05) is 36.8 Å². The molecule has 1 radical (unpaired) electrons. The molecule has 10 heteroatoms. The van der Waals surface area contributed by atoms with Crippen molar-refractivity contribution in [1.82, 2.24) is 0 Å². The van der Waals surface area contributed by atoms with E-state index in [-0.39, 0.29) is 32.1 Å². The predicted octanol–water partition coefficient (Wildman–Crippen LogP) is 2.91. The van der Waals surface area contributed by atoms with Crippen LogP contribution in [0.3, 0.4) is 0 Å². The van der Waals surface area contributed by atoms with E-state index in [1.807, 2.05) is 0 Å². The van der Waals surface area contributed by atoms with Crippen molar-refractivity contribution in [3.63, 3.8) is 0 Å². The Morgan fingerprint density at radius 2 is 0.682 bits per heavy atom. The van der Waals surface area contributed by atoms with Gasteiger partial charge in [0.05, 0.1) is 0 Å². The zero-order valence-electron chi connectivity index (χ0n) is 14.4. The van der Waals surface area contributed by atoms with Crippen LogP contribution in [0.5, 0.6) is 0 Å². The van der Waals surface area contributed by atoms with Gasteiger partial charge in [0.15, 0.2) is 0 Å². The van der Waals surface area contributed by atoms with Gasteiger partial charge in [-0.1, -0.05) is 20.6 Å². The van der Waals surface area contributed by atoms with Gasteiger partial charge < -0.3 is 28.3 Å². The van der Waals surface area contributed by atoms with Crippen LogP contribution in [0.4, 0.5) is 0 Å². The summed E-state index contributed by atoms with van der Waals surface area (Å²) in [6.07, 6.45) is 0. The molecule has 0 fully saturated rings. The molecular weight excluding hydrogens is 354 g/mol. The third kappa shape index (κ3) is 27.2. The molecule has 4 N–H and O–H groups in total. The quantitative estimate of drug-likeness (QED) is 0.192. The minimum absolute atomic E-state index is 0. The minimum Gasteiger partial charge on any atom is -0.411 e. The van der Waals surface area contributed by atoms with Crippen LogP contribution in [0.25, 0.3) is 0 Å². The fourth-order valence-corrected chi connectivity index (χ4v) is 0.289. The summed E-state index contributed by atoms with van der Waals surface area (Å²) in [7, 11) is 0.120. The third-order valence-electron chi connectivity index (χ3n) is 1.65. The van der Waals surface area contributed by atoms with Gasteiger partial charge in [0.25, 0.3) is 0 Å². The van der Waals surface area contributed by atoms with Gasteiger partial charge in [-0.2, -0.15) is 0 Å². The molecule has 0 aliphatic rings. The standard InChI is InChI=1S/2C4H8N2O2.C3H9P.CH3.Co/c2*1-3(5-7)4(2)6-8;1-4(2)3;;/h2*7-8H,1-2H3;1-3H3;1H3;/q;;;-1;/p+1/b2*5-3+,6-4+;;;. The van der Waals surface area contributed by atoms with Gasteiger partial charge in [-0.25, -0.2) is 0 Å². The summed E-state index contributed by atoms with van der Waals surface area (Å²) in [4.78, 5) is 0. The van der Waals surface area contributed by atoms with Crippen LogP contribution in [-0.4, -0.2) is 63.7 Å². The second-order valence-corrected chi connectivity index (χ2v) is 7.24. The van der Waals surface area contributed by atoms with Crippen molar-refractivity contribution in [3.8, 4) is 0 Å². The molecule has 22 heavy (non-hydrogen) atoms. The van der Waals surface area contributed by atoms with Crippen molar-refractivity contribution < 1.29 is 37.6 Å². The van der Waals surface area contributed by atoms with Gasteiger partial charge in [0.1, 0.15) is 22.8 Å². The maximum Gasteiger partial charge on any atom is 0.101 e. The Hall–Kier alpha value is -1.18. The molecule has 8 nitrogen and oxygen atoms in total. The maximum atomic E-state index is 8.03. The van der Waals surface area contributed by atoms with Crippen molar-refractivity contribution in [1.29, 1.82) is 0 Å². The molecule has 0 heterocycles. The van der Waals surface area contributed by atoms with E-state index in [4.69, 9.17) is 20.8 Å². The molecular formula is C12H29CoN4O4P. The van der Waals surface area contributed by atoms with Gasteiger partial charge in [-0.3, -0.25) is 0 Å². The Bertz CT molecular complexity index is 305. The molecule has 0 rings (SSSR count). The number of nitrogens with zero attached hydrogens (tertiary/aromatic N) is 4. The first-order chi connectivity index (χ1) is 9.17. The molecule has 0 aromatic carbocycles. The van der Waals surface area contributed by atoms with Crippen molar-refractivity contribution in [2.45, 2.75) is 27.7 Å². The van der Waals surface area contributed by atoms with Crippen LogP contribution in [0, 0.1) is 7.43 Å². The molecule has 0 unspecified atom stereocenters. The predicted molar refractivity (Wildman–Crippen MR) is 92.1 cm³/mol. The first-order valence-corrected chi connectivity index (χ1v) is 8.69. The van der Waals surface area contributed by atoms with Crippen LogP contribution in [0.2, 0.25) is 0 Å². The second kappa shape index (κ2) is 22.1. The summed E-state index contributed by atoms with van der Waals surface area (Å²) >= 11 is 0. The van der Waals surface area contributed by atoms with Crippen molar-refractivity contribution in [2.24, 2.45) is 20.6 Å². The Morgan fingerprint density at radius 1 is 0.591 bits per heavy atom. The summed E-state index contributed by atoms with van der Waals surface area (Å²) in [5, 5.41) is 43.3. The van der Waals surface area contributed by atoms with E-state index >= 15 is 0 Å². The molecule has 0 aromatic rings. The Kier molecular flexibility index (Phi) is 32.8. The maximum absolute atomic E-state index is 8.03. The number of rotatable bonds is 2. The van der Waals surface area contributed by atoms with E-state index in [1.54, 1.807) is 0 Å². The molecule has 0 saturated carbocycles. The summed E-state index contributed by atoms with van der Waals surface area (Å²) in [5.74, 6) is 0. The summed E-state index contributed by atoms with van der Waals surface area (Å²) in [6, 6.07) is 0. The summed E-state index contributed by atoms with van der Waals surface area (Å²) in [5.41, 5.74) is 1.25. The molecule has 135 valence electrons. The average molecular weight is 383 g/mol. The van der Waals surface area contributed by atoms with Gasteiger partial charge in [-0.05, 0) is 35.6 Å². The van der Waals surface area contributed by atoms with Crippen LogP contribution in [0.1, 0.15) is 27.7 Å². The van der Waals surface area contributed by atoms with Crippen molar-refractivity contribution in [3.05, 3.63) is 7.43 Å².